The summed E-state index contributed by atoms with van der Waals surface area (Å²) < 4.78 is 10.8. The van der Waals surface area contributed by atoms with Crippen LogP contribution in [0, 0.1) is 6.92 Å². The zero-order valence-corrected chi connectivity index (χ0v) is 17.0. The van der Waals surface area contributed by atoms with Gasteiger partial charge in [0.25, 0.3) is 5.22 Å². The summed E-state index contributed by atoms with van der Waals surface area (Å²) in [5.41, 5.74) is 2.97. The number of hydrogen-bond acceptors (Lipinski definition) is 7. The molecule has 0 bridgehead atoms. The molecule has 0 saturated heterocycles. The van der Waals surface area contributed by atoms with Crippen molar-refractivity contribution >= 4 is 35.0 Å². The van der Waals surface area contributed by atoms with Crippen molar-refractivity contribution in [1.29, 1.82) is 0 Å². The number of nitrogens with zero attached hydrogens (tertiary/aromatic N) is 2. The number of aromatic nitrogens is 2. The fraction of sp³-hybridized carbons (Fsp3) is 0.200. The fourth-order valence-electron chi connectivity index (χ4n) is 2.48. The second kappa shape index (κ2) is 9.24. The third-order valence-corrected chi connectivity index (χ3v) is 4.64. The minimum atomic E-state index is -0.246. The Balaban J connectivity index is 1.59. The highest BCUT2D eigenvalue weighted by atomic mass is 32.2. The standard InChI is InChI=1S/C20H20N4O4S/c1-12-4-6-14(7-5-12)19-23-24-20(28-19)29-11-18(26)22-15-8-9-17(27-3)16(10-15)21-13(2)25/h4-10H,11H2,1-3H3,(H,21,25)(H,22,26). The molecule has 150 valence electrons. The number of thioether (sulfide) groups is 1. The van der Waals surface area contributed by atoms with Crippen LogP contribution in [0.1, 0.15) is 12.5 Å². The summed E-state index contributed by atoms with van der Waals surface area (Å²) in [6, 6.07) is 12.7. The Labute approximate surface area is 172 Å². The van der Waals surface area contributed by atoms with Crippen molar-refractivity contribution in [3.8, 4) is 17.2 Å². The van der Waals surface area contributed by atoms with Crippen LogP contribution >= 0.6 is 11.8 Å². The molecule has 3 aromatic rings. The molecule has 8 nitrogen and oxygen atoms in total. The van der Waals surface area contributed by atoms with Gasteiger partial charge in [0.15, 0.2) is 0 Å². The Morgan fingerprint density at radius 2 is 1.86 bits per heavy atom. The number of carbonyl (C=O) groups excluding carboxylic acids is 2. The summed E-state index contributed by atoms with van der Waals surface area (Å²) in [5.74, 6) is 0.522. The molecule has 0 aliphatic rings. The average Bonchev–Trinajstić information content (AvgIpc) is 3.16. The molecule has 9 heteroatoms. The molecular weight excluding hydrogens is 392 g/mol. The van der Waals surface area contributed by atoms with E-state index in [1.54, 1.807) is 18.2 Å². The lowest BCUT2D eigenvalue weighted by Crippen LogP contribution is -2.14. The third kappa shape index (κ3) is 5.58. The van der Waals surface area contributed by atoms with Crippen molar-refractivity contribution in [3.05, 3.63) is 48.0 Å². The topological polar surface area (TPSA) is 106 Å². The van der Waals surface area contributed by atoms with Crippen LogP contribution in [0.5, 0.6) is 5.75 Å². The largest absolute Gasteiger partial charge is 0.495 e. The first kappa shape index (κ1) is 20.4. The van der Waals surface area contributed by atoms with Crippen LogP contribution in [0.4, 0.5) is 11.4 Å². The van der Waals surface area contributed by atoms with Crippen LogP contribution in [-0.4, -0.2) is 34.9 Å². The highest BCUT2D eigenvalue weighted by Gasteiger charge is 2.12. The molecule has 29 heavy (non-hydrogen) atoms. The predicted octanol–water partition coefficient (Wildman–Crippen LogP) is 3.74. The van der Waals surface area contributed by atoms with Gasteiger partial charge in [0, 0.05) is 18.2 Å². The van der Waals surface area contributed by atoms with Crippen molar-refractivity contribution in [2.24, 2.45) is 0 Å². The molecule has 2 N–H and O–H groups in total. The lowest BCUT2D eigenvalue weighted by molar-refractivity contribution is -0.114. The zero-order valence-electron chi connectivity index (χ0n) is 16.2. The van der Waals surface area contributed by atoms with E-state index in [1.807, 2.05) is 31.2 Å². The maximum Gasteiger partial charge on any atom is 0.277 e. The van der Waals surface area contributed by atoms with E-state index in [0.29, 0.717) is 28.2 Å². The van der Waals surface area contributed by atoms with Crippen molar-refractivity contribution in [1.82, 2.24) is 10.2 Å². The number of anilines is 2. The van der Waals surface area contributed by atoms with Crippen LogP contribution in [0.2, 0.25) is 0 Å². The molecule has 0 aliphatic heterocycles. The number of hydrogen-bond donors (Lipinski definition) is 2. The Kier molecular flexibility index (Phi) is 6.50. The van der Waals surface area contributed by atoms with Crippen LogP contribution < -0.4 is 15.4 Å². The number of nitrogens with one attached hydrogen (secondary N) is 2. The van der Waals surface area contributed by atoms with Gasteiger partial charge in [-0.1, -0.05) is 29.5 Å². The van der Waals surface area contributed by atoms with Gasteiger partial charge >= 0.3 is 0 Å². The lowest BCUT2D eigenvalue weighted by Gasteiger charge is -2.11. The molecule has 0 atom stereocenters. The minimum absolute atomic E-state index is 0.0943. The summed E-state index contributed by atoms with van der Waals surface area (Å²) in [4.78, 5) is 23.6. The van der Waals surface area contributed by atoms with E-state index in [-0.39, 0.29) is 17.6 Å². The number of rotatable bonds is 7. The lowest BCUT2D eigenvalue weighted by atomic mass is 10.1. The van der Waals surface area contributed by atoms with Gasteiger partial charge in [0.05, 0.1) is 18.6 Å². The number of aryl methyl sites for hydroxylation is 1. The number of ether oxygens (including phenoxy) is 1. The highest BCUT2D eigenvalue weighted by Crippen LogP contribution is 2.28. The second-order valence-electron chi connectivity index (χ2n) is 6.17. The molecule has 0 fully saturated rings. The summed E-state index contributed by atoms with van der Waals surface area (Å²) in [7, 11) is 1.50. The fourth-order valence-corrected chi connectivity index (χ4v) is 3.04. The molecule has 0 radical (unpaired) electrons. The van der Waals surface area contributed by atoms with Crippen molar-refractivity contribution < 1.29 is 18.7 Å². The molecule has 2 amide bonds. The number of methoxy groups -OCH3 is 1. The third-order valence-electron chi connectivity index (χ3n) is 3.83. The Hall–Kier alpha value is -3.33. The highest BCUT2D eigenvalue weighted by molar-refractivity contribution is 7.99. The molecule has 1 aromatic heterocycles. The molecule has 3 rings (SSSR count). The zero-order chi connectivity index (χ0) is 20.8. The van der Waals surface area contributed by atoms with Gasteiger partial charge in [0.2, 0.25) is 17.7 Å². The van der Waals surface area contributed by atoms with Crippen molar-refractivity contribution in [2.75, 3.05) is 23.5 Å². The summed E-state index contributed by atoms with van der Waals surface area (Å²) in [6.07, 6.45) is 0. The average molecular weight is 412 g/mol. The van der Waals surface area contributed by atoms with E-state index < -0.39 is 0 Å². The van der Waals surface area contributed by atoms with Crippen LogP contribution in [0.15, 0.2) is 52.1 Å². The normalized spacial score (nSPS) is 10.4. The van der Waals surface area contributed by atoms with E-state index in [2.05, 4.69) is 20.8 Å². The van der Waals surface area contributed by atoms with E-state index >= 15 is 0 Å². The molecule has 0 saturated carbocycles. The first-order valence-electron chi connectivity index (χ1n) is 8.73. The van der Waals surface area contributed by atoms with Crippen LogP contribution in [0.25, 0.3) is 11.5 Å². The van der Waals surface area contributed by atoms with E-state index in [9.17, 15) is 9.59 Å². The monoisotopic (exact) mass is 412 g/mol. The molecular formula is C20H20N4O4S. The summed E-state index contributed by atoms with van der Waals surface area (Å²) in [5, 5.41) is 13.7. The smallest absolute Gasteiger partial charge is 0.277 e. The summed E-state index contributed by atoms with van der Waals surface area (Å²) in [6.45, 7) is 3.40. The van der Waals surface area contributed by atoms with Crippen LogP contribution in [-0.2, 0) is 9.59 Å². The first-order valence-corrected chi connectivity index (χ1v) is 9.72. The quantitative estimate of drug-likeness (QED) is 0.569. The van der Waals surface area contributed by atoms with Crippen molar-refractivity contribution in [3.63, 3.8) is 0 Å². The van der Waals surface area contributed by atoms with Gasteiger partial charge in [-0.3, -0.25) is 9.59 Å². The maximum absolute atomic E-state index is 12.2. The molecule has 1 heterocycles. The number of amides is 2. The number of carbonyl (C=O) groups is 2. The van der Waals surface area contributed by atoms with E-state index in [1.165, 1.54) is 14.0 Å². The second-order valence-corrected chi connectivity index (χ2v) is 7.10. The van der Waals surface area contributed by atoms with Gasteiger partial charge in [-0.2, -0.15) is 0 Å². The maximum atomic E-state index is 12.2. The Morgan fingerprint density at radius 1 is 1.10 bits per heavy atom. The van der Waals surface area contributed by atoms with Crippen molar-refractivity contribution in [2.45, 2.75) is 19.1 Å². The molecule has 0 unspecified atom stereocenters. The van der Waals surface area contributed by atoms with Gasteiger partial charge in [-0.25, -0.2) is 0 Å². The Morgan fingerprint density at radius 3 is 2.55 bits per heavy atom. The molecule has 0 spiro atoms. The van der Waals surface area contributed by atoms with Crippen LogP contribution in [0.3, 0.4) is 0 Å². The van der Waals surface area contributed by atoms with Gasteiger partial charge in [-0.05, 0) is 37.3 Å². The number of benzene rings is 2. The first-order chi connectivity index (χ1) is 13.9. The van der Waals surface area contributed by atoms with Gasteiger partial charge in [-0.15, -0.1) is 10.2 Å². The summed E-state index contributed by atoms with van der Waals surface area (Å²) >= 11 is 1.14. The molecule has 2 aromatic carbocycles. The predicted molar refractivity (Wildman–Crippen MR) is 111 cm³/mol. The van der Waals surface area contributed by atoms with Gasteiger partial charge < -0.3 is 19.8 Å². The Bertz CT molecular complexity index is 1020. The SMILES string of the molecule is COc1ccc(NC(=O)CSc2nnc(-c3ccc(C)cc3)o2)cc1NC(C)=O. The minimum Gasteiger partial charge on any atom is -0.495 e. The van der Waals surface area contributed by atoms with E-state index in [4.69, 9.17) is 9.15 Å². The van der Waals surface area contributed by atoms with Gasteiger partial charge in [0.1, 0.15) is 5.75 Å². The molecule has 0 aliphatic carbocycles. The van der Waals surface area contributed by atoms with E-state index in [0.717, 1.165) is 22.9 Å².